The smallest absolute Gasteiger partial charge is 0.275 e. The second-order valence-corrected chi connectivity index (χ2v) is 15.8. The van der Waals surface area contributed by atoms with Crippen LogP contribution in [-0.4, -0.2) is 101 Å². The summed E-state index contributed by atoms with van der Waals surface area (Å²) in [6.45, 7) is 9.22. The highest BCUT2D eigenvalue weighted by molar-refractivity contribution is 6.30. The molecule has 3 fully saturated rings. The fraction of sp³-hybridized carbons (Fsp3) is 0.553. The summed E-state index contributed by atoms with van der Waals surface area (Å²) in [5.74, 6) is -3.87. The van der Waals surface area contributed by atoms with Crippen molar-refractivity contribution >= 4 is 34.9 Å². The van der Waals surface area contributed by atoms with Crippen LogP contribution in [0.15, 0.2) is 48.0 Å². The van der Waals surface area contributed by atoms with Gasteiger partial charge in [-0.1, -0.05) is 55.3 Å². The van der Waals surface area contributed by atoms with Gasteiger partial charge in [0.1, 0.15) is 6.04 Å². The summed E-state index contributed by atoms with van der Waals surface area (Å²) >= 11 is 6.18. The van der Waals surface area contributed by atoms with Gasteiger partial charge >= 0.3 is 0 Å². The third kappa shape index (κ3) is 7.34. The standard InChI is InChI=1S/C38H46ClF2N5O3/c1-37(2)13-11-28(31(20-37)26-5-7-29(39)8-6-26)22-43-15-17-45(18-16-43)33-12-14-44(24-38(33,40)41)21-25-3-4-27-23-46(36(49)30(27)19-25)32-9-10-34(47)42-35(32)48/h3-8,19,32-33H,9-18,20-24H2,1-2H3,(H,42,47,48). The largest absolute Gasteiger partial charge is 0.322 e. The number of carbonyl (C=O) groups is 3. The fourth-order valence-electron chi connectivity index (χ4n) is 8.51. The van der Waals surface area contributed by atoms with E-state index in [1.165, 1.54) is 21.6 Å². The van der Waals surface area contributed by atoms with Crippen LogP contribution in [0.5, 0.6) is 0 Å². The number of piperidine rings is 2. The predicted octanol–water partition coefficient (Wildman–Crippen LogP) is 5.59. The second kappa shape index (κ2) is 13.5. The van der Waals surface area contributed by atoms with Crippen molar-refractivity contribution in [3.05, 3.63) is 75.3 Å². The summed E-state index contributed by atoms with van der Waals surface area (Å²) < 4.78 is 31.6. The van der Waals surface area contributed by atoms with E-state index in [1.54, 1.807) is 11.0 Å². The number of benzene rings is 2. The van der Waals surface area contributed by atoms with Gasteiger partial charge < -0.3 is 4.90 Å². The molecule has 2 unspecified atom stereocenters. The highest BCUT2D eigenvalue weighted by atomic mass is 35.5. The number of carbonyl (C=O) groups excluding carboxylic acids is 3. The van der Waals surface area contributed by atoms with Gasteiger partial charge in [-0.05, 0) is 78.0 Å². The lowest BCUT2D eigenvalue weighted by Gasteiger charge is -2.46. The van der Waals surface area contributed by atoms with Crippen LogP contribution in [0, 0.1) is 5.41 Å². The lowest BCUT2D eigenvalue weighted by molar-refractivity contribution is -0.137. The van der Waals surface area contributed by atoms with E-state index in [0.29, 0.717) is 51.1 Å². The zero-order valence-electron chi connectivity index (χ0n) is 28.5. The Labute approximate surface area is 292 Å². The van der Waals surface area contributed by atoms with Gasteiger partial charge in [-0.2, -0.15) is 0 Å². The molecule has 2 aromatic carbocycles. The van der Waals surface area contributed by atoms with E-state index >= 15 is 8.78 Å². The highest BCUT2D eigenvalue weighted by Gasteiger charge is 2.48. The molecule has 0 saturated carbocycles. The molecule has 262 valence electrons. The van der Waals surface area contributed by atoms with Crippen molar-refractivity contribution in [2.24, 2.45) is 5.41 Å². The lowest BCUT2D eigenvalue weighted by atomic mass is 9.72. The van der Waals surface area contributed by atoms with Gasteiger partial charge in [0.15, 0.2) is 0 Å². The molecule has 8 nitrogen and oxygen atoms in total. The Hall–Kier alpha value is -3.18. The van der Waals surface area contributed by atoms with Crippen molar-refractivity contribution in [3.63, 3.8) is 0 Å². The summed E-state index contributed by atoms with van der Waals surface area (Å²) in [6.07, 6.45) is 4.12. The van der Waals surface area contributed by atoms with Crippen LogP contribution in [0.1, 0.15) is 79.4 Å². The van der Waals surface area contributed by atoms with Crippen LogP contribution in [0.4, 0.5) is 8.78 Å². The number of fused-ring (bicyclic) bond motifs is 1. The molecular formula is C38H46ClF2N5O3. The van der Waals surface area contributed by atoms with Gasteiger partial charge in [0, 0.05) is 69.4 Å². The average molecular weight is 694 g/mol. The Morgan fingerprint density at radius 2 is 1.65 bits per heavy atom. The second-order valence-electron chi connectivity index (χ2n) is 15.4. The van der Waals surface area contributed by atoms with Crippen LogP contribution in [0.2, 0.25) is 5.02 Å². The molecule has 0 aromatic heterocycles. The summed E-state index contributed by atoms with van der Waals surface area (Å²) in [5.41, 5.74) is 6.48. The Morgan fingerprint density at radius 1 is 0.898 bits per heavy atom. The number of piperazine rings is 1. The first kappa shape index (κ1) is 34.3. The maximum absolute atomic E-state index is 15.8. The molecule has 7 rings (SSSR count). The van der Waals surface area contributed by atoms with Gasteiger partial charge in [-0.3, -0.25) is 34.4 Å². The Bertz CT molecular complexity index is 1650. The molecule has 5 aliphatic rings. The van der Waals surface area contributed by atoms with Crippen molar-refractivity contribution < 1.29 is 23.2 Å². The zero-order chi connectivity index (χ0) is 34.5. The SMILES string of the molecule is CC1(C)CCC(CN2CCN(C3CCN(Cc4ccc5c(c4)C(=O)N(C4CCC(=O)NC4=O)C5)CC3(F)F)CC2)=C(c2ccc(Cl)cc2)C1. The first-order valence-electron chi connectivity index (χ1n) is 17.7. The summed E-state index contributed by atoms with van der Waals surface area (Å²) in [7, 11) is 0. The Balaban J connectivity index is 0.939. The number of hydrogen-bond donors (Lipinski definition) is 1. The van der Waals surface area contributed by atoms with E-state index in [2.05, 4.69) is 36.2 Å². The van der Waals surface area contributed by atoms with Gasteiger partial charge in [0.05, 0.1) is 12.6 Å². The molecule has 3 amide bonds. The molecular weight excluding hydrogens is 648 g/mol. The van der Waals surface area contributed by atoms with E-state index < -0.39 is 23.9 Å². The minimum absolute atomic E-state index is 0.199. The fourth-order valence-corrected chi connectivity index (χ4v) is 8.63. The van der Waals surface area contributed by atoms with E-state index in [9.17, 15) is 14.4 Å². The summed E-state index contributed by atoms with van der Waals surface area (Å²) in [6, 6.07) is 12.2. The van der Waals surface area contributed by atoms with Crippen LogP contribution in [0.3, 0.4) is 0 Å². The number of alkyl halides is 2. The topological polar surface area (TPSA) is 76.2 Å². The Kier molecular flexibility index (Phi) is 9.45. The molecule has 3 saturated heterocycles. The molecule has 49 heavy (non-hydrogen) atoms. The van der Waals surface area contributed by atoms with Crippen LogP contribution < -0.4 is 5.32 Å². The molecule has 1 aliphatic carbocycles. The molecule has 0 spiro atoms. The summed E-state index contributed by atoms with van der Waals surface area (Å²) in [4.78, 5) is 45.0. The number of imide groups is 1. The van der Waals surface area contributed by atoms with Crippen molar-refractivity contribution in [3.8, 4) is 0 Å². The predicted molar refractivity (Wildman–Crippen MR) is 185 cm³/mol. The molecule has 0 bridgehead atoms. The first-order valence-corrected chi connectivity index (χ1v) is 18.0. The van der Waals surface area contributed by atoms with E-state index in [1.807, 2.05) is 29.2 Å². The normalized spacial score (nSPS) is 26.6. The number of halogens is 3. The van der Waals surface area contributed by atoms with Crippen molar-refractivity contribution in [1.29, 1.82) is 0 Å². The number of hydrogen-bond acceptors (Lipinski definition) is 6. The Morgan fingerprint density at radius 3 is 2.37 bits per heavy atom. The molecule has 4 aliphatic heterocycles. The molecule has 1 N–H and O–H groups in total. The third-order valence-electron chi connectivity index (χ3n) is 11.3. The molecule has 4 heterocycles. The minimum atomic E-state index is -2.85. The average Bonchev–Trinajstić information content (AvgIpc) is 3.37. The monoisotopic (exact) mass is 693 g/mol. The number of allylic oxidation sites excluding steroid dienone is 1. The summed E-state index contributed by atoms with van der Waals surface area (Å²) in [5, 5.41) is 3.06. The van der Waals surface area contributed by atoms with Gasteiger partial charge in [-0.25, -0.2) is 8.78 Å². The van der Waals surface area contributed by atoms with Crippen LogP contribution >= 0.6 is 11.6 Å². The van der Waals surface area contributed by atoms with Crippen LogP contribution in [-0.2, 0) is 22.7 Å². The van der Waals surface area contributed by atoms with Crippen molar-refractivity contribution in [2.75, 3.05) is 45.8 Å². The van der Waals surface area contributed by atoms with E-state index in [4.69, 9.17) is 11.6 Å². The van der Waals surface area contributed by atoms with Gasteiger partial charge in [-0.15, -0.1) is 0 Å². The molecule has 2 aromatic rings. The molecule has 11 heteroatoms. The number of rotatable bonds is 7. The number of amides is 3. The highest BCUT2D eigenvalue weighted by Crippen LogP contribution is 2.43. The number of likely N-dealkylation sites (tertiary alicyclic amines) is 1. The lowest BCUT2D eigenvalue weighted by Crippen LogP contribution is -2.61. The van der Waals surface area contributed by atoms with Crippen molar-refractivity contribution in [2.45, 2.75) is 83.5 Å². The van der Waals surface area contributed by atoms with E-state index in [-0.39, 0.29) is 30.2 Å². The van der Waals surface area contributed by atoms with Gasteiger partial charge in [0.2, 0.25) is 11.8 Å². The maximum atomic E-state index is 15.8. The van der Waals surface area contributed by atoms with Crippen molar-refractivity contribution in [1.82, 2.24) is 24.9 Å². The minimum Gasteiger partial charge on any atom is -0.322 e. The van der Waals surface area contributed by atoms with E-state index in [0.717, 1.165) is 55.0 Å². The number of nitrogens with one attached hydrogen (secondary N) is 1. The quantitative estimate of drug-likeness (QED) is 0.381. The molecule has 2 atom stereocenters. The van der Waals surface area contributed by atoms with Crippen LogP contribution in [0.25, 0.3) is 5.57 Å². The molecule has 0 radical (unpaired) electrons. The number of nitrogens with zero attached hydrogens (tertiary/aromatic N) is 4. The van der Waals surface area contributed by atoms with Gasteiger partial charge in [0.25, 0.3) is 11.8 Å². The first-order chi connectivity index (χ1) is 23.3. The third-order valence-corrected chi connectivity index (χ3v) is 11.5. The zero-order valence-corrected chi connectivity index (χ0v) is 29.2. The maximum Gasteiger partial charge on any atom is 0.275 e.